The van der Waals surface area contributed by atoms with Gasteiger partial charge in [-0.1, -0.05) is 47.6 Å². The molecule has 2 heterocycles. The first-order valence-corrected chi connectivity index (χ1v) is 10.4. The first-order valence-electron chi connectivity index (χ1n) is 9.12. The van der Waals surface area contributed by atoms with Crippen LogP contribution in [0.3, 0.4) is 0 Å². The summed E-state index contributed by atoms with van der Waals surface area (Å²) in [5, 5.41) is 1.22. The number of halogens is 1. The van der Waals surface area contributed by atoms with Gasteiger partial charge in [-0.2, -0.15) is 0 Å². The van der Waals surface area contributed by atoms with E-state index in [1.165, 1.54) is 16.3 Å². The van der Waals surface area contributed by atoms with Gasteiger partial charge < -0.3 is 9.72 Å². The third-order valence-electron chi connectivity index (χ3n) is 4.46. The zero-order valence-electron chi connectivity index (χ0n) is 15.8. The number of fused-ring (bicyclic) bond motifs is 3. The van der Waals surface area contributed by atoms with Crippen molar-refractivity contribution in [2.45, 2.75) is 24.3 Å². The lowest BCUT2D eigenvalue weighted by molar-refractivity contribution is -0.142. The lowest BCUT2D eigenvalue weighted by Gasteiger charge is -2.15. The molecule has 0 aliphatic carbocycles. The average Bonchev–Trinajstić information content (AvgIpc) is 3.07. The molecule has 2 aromatic carbocycles. The Hall–Kier alpha value is -2.77. The molecule has 0 radical (unpaired) electrons. The van der Waals surface area contributed by atoms with Crippen molar-refractivity contribution >= 4 is 51.3 Å². The largest absolute Gasteiger partial charge is 0.465 e. The zero-order chi connectivity index (χ0) is 20.5. The molecule has 0 fully saturated rings. The summed E-state index contributed by atoms with van der Waals surface area (Å²) < 4.78 is 6.59. The lowest BCUT2D eigenvalue weighted by atomic mass is 10.2. The van der Waals surface area contributed by atoms with Crippen molar-refractivity contribution in [1.82, 2.24) is 14.5 Å². The second-order valence-electron chi connectivity index (χ2n) is 6.42. The number of aromatic amines is 1. The van der Waals surface area contributed by atoms with E-state index in [1.807, 2.05) is 24.3 Å². The number of benzene rings is 2. The predicted molar refractivity (Wildman–Crippen MR) is 116 cm³/mol. The maximum absolute atomic E-state index is 13.4. The Morgan fingerprint density at radius 2 is 2.07 bits per heavy atom. The first-order chi connectivity index (χ1) is 14.0. The summed E-state index contributed by atoms with van der Waals surface area (Å²) in [4.78, 5) is 33.5. The Morgan fingerprint density at radius 3 is 2.83 bits per heavy atom. The fourth-order valence-corrected chi connectivity index (χ4v) is 4.23. The monoisotopic (exact) mass is 427 g/mol. The van der Waals surface area contributed by atoms with E-state index in [9.17, 15) is 9.59 Å². The van der Waals surface area contributed by atoms with Crippen molar-refractivity contribution in [1.29, 1.82) is 0 Å². The van der Waals surface area contributed by atoms with Crippen LogP contribution < -0.4 is 5.56 Å². The number of carbonyl (C=O) groups is 1. The maximum atomic E-state index is 13.4. The van der Waals surface area contributed by atoms with Crippen LogP contribution in [-0.2, 0) is 9.53 Å². The van der Waals surface area contributed by atoms with Crippen molar-refractivity contribution in [3.05, 3.63) is 63.9 Å². The van der Waals surface area contributed by atoms with Crippen molar-refractivity contribution in [2.24, 2.45) is 0 Å². The fourth-order valence-electron chi connectivity index (χ4n) is 3.13. The second-order valence-corrected chi connectivity index (χ2v) is 8.17. The smallest absolute Gasteiger partial charge is 0.319 e. The molecule has 0 aliphatic heterocycles. The Labute approximate surface area is 175 Å². The third kappa shape index (κ3) is 3.63. The molecule has 8 heteroatoms. The minimum atomic E-state index is -0.532. The zero-order valence-corrected chi connectivity index (χ0v) is 17.4. The number of hydrogen-bond acceptors (Lipinski definition) is 5. The molecular weight excluding hydrogens is 410 g/mol. The highest BCUT2D eigenvalue weighted by Gasteiger charge is 2.22. The minimum absolute atomic E-state index is 0.257. The van der Waals surface area contributed by atoms with Gasteiger partial charge in [-0.25, -0.2) is 4.98 Å². The van der Waals surface area contributed by atoms with Crippen LogP contribution in [0, 0.1) is 0 Å². The van der Waals surface area contributed by atoms with E-state index in [4.69, 9.17) is 21.3 Å². The Balaban J connectivity index is 1.97. The number of rotatable bonds is 5. The van der Waals surface area contributed by atoms with Gasteiger partial charge in [0.2, 0.25) is 0 Å². The molecule has 1 N–H and O–H groups in total. The number of H-pyrrole nitrogens is 1. The summed E-state index contributed by atoms with van der Waals surface area (Å²) in [5.41, 5.74) is 2.12. The highest BCUT2D eigenvalue weighted by Crippen LogP contribution is 2.29. The topological polar surface area (TPSA) is 77.0 Å². The SMILES string of the molecule is CCOC(=O)C(C)Sc1nc2c([nH]c3ccccc32)c(=O)n1-c1cccc(Cl)c1. The number of thioether (sulfide) groups is 1. The summed E-state index contributed by atoms with van der Waals surface area (Å²) >= 11 is 7.34. The lowest BCUT2D eigenvalue weighted by Crippen LogP contribution is -2.24. The predicted octanol–water partition coefficient (Wildman–Crippen LogP) is 4.56. The Kier molecular flexibility index (Phi) is 5.34. The summed E-state index contributed by atoms with van der Waals surface area (Å²) in [6.45, 7) is 3.78. The summed E-state index contributed by atoms with van der Waals surface area (Å²) in [6.07, 6.45) is 0. The third-order valence-corrected chi connectivity index (χ3v) is 5.73. The summed E-state index contributed by atoms with van der Waals surface area (Å²) in [7, 11) is 0. The molecule has 4 rings (SSSR count). The normalized spacial score (nSPS) is 12.4. The summed E-state index contributed by atoms with van der Waals surface area (Å²) in [6, 6.07) is 14.6. The minimum Gasteiger partial charge on any atom is -0.465 e. The number of hydrogen-bond donors (Lipinski definition) is 1. The molecule has 2 aromatic heterocycles. The van der Waals surface area contributed by atoms with Crippen molar-refractivity contribution < 1.29 is 9.53 Å². The molecule has 0 saturated carbocycles. The van der Waals surface area contributed by atoms with Gasteiger partial charge >= 0.3 is 5.97 Å². The van der Waals surface area contributed by atoms with E-state index in [0.29, 0.717) is 33.5 Å². The van der Waals surface area contributed by atoms with E-state index in [-0.39, 0.29) is 11.5 Å². The molecule has 0 saturated heterocycles. The Morgan fingerprint density at radius 1 is 1.28 bits per heavy atom. The number of ether oxygens (including phenoxy) is 1. The second kappa shape index (κ2) is 7.93. The van der Waals surface area contributed by atoms with Crippen LogP contribution >= 0.6 is 23.4 Å². The number of nitrogens with zero attached hydrogens (tertiary/aromatic N) is 2. The van der Waals surface area contributed by atoms with Crippen molar-refractivity contribution in [3.8, 4) is 5.69 Å². The van der Waals surface area contributed by atoms with Gasteiger partial charge in [0.05, 0.1) is 12.3 Å². The molecule has 148 valence electrons. The van der Waals surface area contributed by atoms with E-state index >= 15 is 0 Å². The first kappa shape index (κ1) is 19.5. The van der Waals surface area contributed by atoms with Crippen molar-refractivity contribution in [3.63, 3.8) is 0 Å². The van der Waals surface area contributed by atoms with E-state index in [0.717, 1.165) is 10.9 Å². The molecular formula is C21H18ClN3O3S. The maximum Gasteiger partial charge on any atom is 0.319 e. The van der Waals surface area contributed by atoms with Crippen LogP contribution in [0.4, 0.5) is 0 Å². The van der Waals surface area contributed by atoms with Gasteiger partial charge in [-0.3, -0.25) is 14.2 Å². The highest BCUT2D eigenvalue weighted by atomic mass is 35.5. The van der Waals surface area contributed by atoms with Crippen LogP contribution in [0.25, 0.3) is 27.6 Å². The van der Waals surface area contributed by atoms with E-state index < -0.39 is 5.25 Å². The van der Waals surface area contributed by atoms with Crippen LogP contribution in [-0.4, -0.2) is 32.4 Å². The summed E-state index contributed by atoms with van der Waals surface area (Å²) in [5.74, 6) is -0.358. The van der Waals surface area contributed by atoms with Crippen LogP contribution in [0.1, 0.15) is 13.8 Å². The number of esters is 1. The highest BCUT2D eigenvalue weighted by molar-refractivity contribution is 8.00. The quantitative estimate of drug-likeness (QED) is 0.287. The average molecular weight is 428 g/mol. The molecule has 4 aromatic rings. The molecule has 1 unspecified atom stereocenters. The van der Waals surface area contributed by atoms with Crippen LogP contribution in [0.15, 0.2) is 58.5 Å². The van der Waals surface area contributed by atoms with Gasteiger partial charge in [-0.15, -0.1) is 0 Å². The van der Waals surface area contributed by atoms with E-state index in [2.05, 4.69) is 4.98 Å². The van der Waals surface area contributed by atoms with E-state index in [1.54, 1.807) is 38.1 Å². The Bertz CT molecular complexity index is 1280. The van der Waals surface area contributed by atoms with Crippen molar-refractivity contribution in [2.75, 3.05) is 6.61 Å². The molecule has 6 nitrogen and oxygen atoms in total. The van der Waals surface area contributed by atoms with Gasteiger partial charge in [0.25, 0.3) is 5.56 Å². The molecule has 0 bridgehead atoms. The van der Waals surface area contributed by atoms with Crippen LogP contribution in [0.2, 0.25) is 5.02 Å². The number of aromatic nitrogens is 3. The van der Waals surface area contributed by atoms with Gasteiger partial charge in [0.1, 0.15) is 16.3 Å². The fraction of sp³-hybridized carbons (Fsp3) is 0.190. The van der Waals surface area contributed by atoms with Crippen LogP contribution in [0.5, 0.6) is 0 Å². The number of carbonyl (C=O) groups excluding carboxylic acids is 1. The molecule has 1 atom stereocenters. The van der Waals surface area contributed by atoms with Gasteiger partial charge in [0.15, 0.2) is 5.16 Å². The molecule has 0 aliphatic rings. The standard InChI is InChI=1S/C21H18ClN3O3S/c1-3-28-20(27)12(2)29-21-24-17-15-9-4-5-10-16(15)23-18(17)19(26)25(21)14-8-6-7-13(22)11-14/h4-12,23H,3H2,1-2H3. The molecule has 29 heavy (non-hydrogen) atoms. The molecule has 0 spiro atoms. The molecule has 0 amide bonds. The number of nitrogens with one attached hydrogen (secondary N) is 1. The number of para-hydroxylation sites is 1. The van der Waals surface area contributed by atoms with Gasteiger partial charge in [-0.05, 0) is 38.1 Å². The van der Waals surface area contributed by atoms with Gasteiger partial charge in [0, 0.05) is 15.9 Å².